The second kappa shape index (κ2) is 5.96. The van der Waals surface area contributed by atoms with Gasteiger partial charge in [-0.3, -0.25) is 4.79 Å². The third-order valence-corrected chi connectivity index (χ3v) is 4.48. The van der Waals surface area contributed by atoms with Crippen molar-refractivity contribution in [1.82, 2.24) is 14.3 Å². The van der Waals surface area contributed by atoms with Gasteiger partial charge >= 0.3 is 0 Å². The van der Waals surface area contributed by atoms with Crippen LogP contribution in [0.25, 0.3) is 11.2 Å². The van der Waals surface area contributed by atoms with Gasteiger partial charge in [-0.15, -0.1) is 0 Å². The van der Waals surface area contributed by atoms with E-state index in [0.29, 0.717) is 12.2 Å². The molecule has 3 heterocycles. The molecule has 1 aromatic carbocycles. The average Bonchev–Trinajstić information content (AvgIpc) is 3.05. The molecule has 4 nitrogen and oxygen atoms in total. The van der Waals surface area contributed by atoms with E-state index in [1.165, 1.54) is 11.1 Å². The lowest BCUT2D eigenvalue weighted by atomic mass is 9.99. The normalized spacial score (nSPS) is 14.7. The monoisotopic (exact) mass is 317 g/mol. The highest BCUT2D eigenvalue weighted by atomic mass is 16.2. The number of carbonyl (C=O) groups excluding carboxylic acids is 1. The Morgan fingerprint density at radius 3 is 2.75 bits per heavy atom. The lowest BCUT2D eigenvalue weighted by molar-refractivity contribution is 0.0767. The molecule has 24 heavy (non-hydrogen) atoms. The van der Waals surface area contributed by atoms with Crippen LogP contribution in [-0.2, 0) is 0 Å². The SMILES string of the molecule is Cc1ccn2cc(C(=O)N3CC=C(c4ccccc4)CC3)nc2c1. The maximum atomic E-state index is 12.7. The van der Waals surface area contributed by atoms with E-state index in [1.807, 2.05) is 58.9 Å². The zero-order valence-electron chi connectivity index (χ0n) is 13.6. The number of carbonyl (C=O) groups is 1. The van der Waals surface area contributed by atoms with Crippen molar-refractivity contribution in [3.05, 3.63) is 77.8 Å². The van der Waals surface area contributed by atoms with Gasteiger partial charge in [-0.25, -0.2) is 4.98 Å². The molecule has 0 bridgehead atoms. The van der Waals surface area contributed by atoms with Gasteiger partial charge in [0.15, 0.2) is 0 Å². The van der Waals surface area contributed by atoms with Crippen molar-refractivity contribution in [2.24, 2.45) is 0 Å². The number of hydrogen-bond donors (Lipinski definition) is 0. The Kier molecular flexibility index (Phi) is 3.65. The first-order chi connectivity index (χ1) is 11.7. The highest BCUT2D eigenvalue weighted by molar-refractivity contribution is 5.93. The van der Waals surface area contributed by atoms with Crippen molar-refractivity contribution in [2.45, 2.75) is 13.3 Å². The number of rotatable bonds is 2. The Hall–Kier alpha value is -2.88. The van der Waals surface area contributed by atoms with Crippen LogP contribution in [0, 0.1) is 6.92 Å². The minimum atomic E-state index is -0.000264. The second-order valence-corrected chi connectivity index (χ2v) is 6.19. The lowest BCUT2D eigenvalue weighted by Crippen LogP contribution is -2.34. The zero-order valence-corrected chi connectivity index (χ0v) is 13.6. The van der Waals surface area contributed by atoms with Gasteiger partial charge in [-0.2, -0.15) is 0 Å². The third-order valence-electron chi connectivity index (χ3n) is 4.48. The van der Waals surface area contributed by atoms with Crippen LogP contribution in [0.4, 0.5) is 0 Å². The predicted octanol–water partition coefficient (Wildman–Crippen LogP) is 3.57. The number of benzene rings is 1. The molecule has 120 valence electrons. The van der Waals surface area contributed by atoms with Gasteiger partial charge in [0.05, 0.1) is 0 Å². The van der Waals surface area contributed by atoms with Crippen LogP contribution in [0.3, 0.4) is 0 Å². The van der Waals surface area contributed by atoms with Crippen LogP contribution < -0.4 is 0 Å². The summed E-state index contributed by atoms with van der Waals surface area (Å²) in [5, 5.41) is 0. The second-order valence-electron chi connectivity index (χ2n) is 6.19. The molecule has 0 saturated heterocycles. The number of pyridine rings is 1. The summed E-state index contributed by atoms with van der Waals surface area (Å²) >= 11 is 0. The molecule has 3 aromatic rings. The van der Waals surface area contributed by atoms with E-state index in [-0.39, 0.29) is 5.91 Å². The third kappa shape index (κ3) is 2.71. The molecule has 1 amide bonds. The Morgan fingerprint density at radius 1 is 1.17 bits per heavy atom. The summed E-state index contributed by atoms with van der Waals surface area (Å²) in [6.07, 6.45) is 6.78. The number of aryl methyl sites for hydroxylation is 1. The van der Waals surface area contributed by atoms with Crippen LogP contribution in [0.2, 0.25) is 0 Å². The summed E-state index contributed by atoms with van der Waals surface area (Å²) in [5.41, 5.74) is 5.02. The van der Waals surface area contributed by atoms with E-state index in [9.17, 15) is 4.79 Å². The summed E-state index contributed by atoms with van der Waals surface area (Å²) in [6, 6.07) is 14.4. The summed E-state index contributed by atoms with van der Waals surface area (Å²) < 4.78 is 1.90. The Bertz CT molecular complexity index is 924. The first kappa shape index (κ1) is 14.7. The summed E-state index contributed by atoms with van der Waals surface area (Å²) in [6.45, 7) is 3.39. The van der Waals surface area contributed by atoms with Gasteiger partial charge in [0.2, 0.25) is 0 Å². The number of hydrogen-bond acceptors (Lipinski definition) is 2. The molecule has 0 unspecified atom stereocenters. The van der Waals surface area contributed by atoms with Gasteiger partial charge < -0.3 is 9.30 Å². The van der Waals surface area contributed by atoms with E-state index in [4.69, 9.17) is 0 Å². The van der Waals surface area contributed by atoms with Crippen LogP contribution >= 0.6 is 0 Å². The maximum Gasteiger partial charge on any atom is 0.274 e. The average molecular weight is 317 g/mol. The van der Waals surface area contributed by atoms with Crippen molar-refractivity contribution in [1.29, 1.82) is 0 Å². The summed E-state index contributed by atoms with van der Waals surface area (Å²) in [5.74, 6) is -0.000264. The standard InChI is InChI=1S/C20H19N3O/c1-15-7-10-23-14-18(21-19(23)13-15)20(24)22-11-8-17(9-12-22)16-5-3-2-4-6-16/h2-8,10,13-14H,9,11-12H2,1H3. The van der Waals surface area contributed by atoms with E-state index in [1.54, 1.807) is 0 Å². The largest absolute Gasteiger partial charge is 0.333 e. The molecule has 0 radical (unpaired) electrons. The molecular formula is C20H19N3O. The van der Waals surface area contributed by atoms with E-state index in [2.05, 4.69) is 23.2 Å². The highest BCUT2D eigenvalue weighted by Gasteiger charge is 2.21. The van der Waals surface area contributed by atoms with Crippen molar-refractivity contribution in [3.63, 3.8) is 0 Å². The van der Waals surface area contributed by atoms with Gasteiger partial charge in [0.1, 0.15) is 11.3 Å². The van der Waals surface area contributed by atoms with Gasteiger partial charge in [-0.05, 0) is 42.2 Å². The zero-order chi connectivity index (χ0) is 16.5. The number of amides is 1. The number of fused-ring (bicyclic) bond motifs is 1. The first-order valence-electron chi connectivity index (χ1n) is 8.20. The minimum Gasteiger partial charge on any atom is -0.333 e. The first-order valence-corrected chi connectivity index (χ1v) is 8.20. The summed E-state index contributed by atoms with van der Waals surface area (Å²) in [7, 11) is 0. The number of nitrogens with zero attached hydrogens (tertiary/aromatic N) is 3. The van der Waals surface area contributed by atoms with E-state index < -0.39 is 0 Å². The fourth-order valence-electron chi connectivity index (χ4n) is 3.12. The fourth-order valence-corrected chi connectivity index (χ4v) is 3.12. The predicted molar refractivity (Wildman–Crippen MR) is 94.9 cm³/mol. The lowest BCUT2D eigenvalue weighted by Gasteiger charge is -2.26. The molecule has 0 fully saturated rings. The van der Waals surface area contributed by atoms with Crippen LogP contribution in [0.1, 0.15) is 28.0 Å². The van der Waals surface area contributed by atoms with Crippen molar-refractivity contribution < 1.29 is 4.79 Å². The smallest absolute Gasteiger partial charge is 0.274 e. The van der Waals surface area contributed by atoms with Gasteiger partial charge in [0, 0.05) is 25.5 Å². The van der Waals surface area contributed by atoms with Crippen molar-refractivity contribution in [3.8, 4) is 0 Å². The Morgan fingerprint density at radius 2 is 2.00 bits per heavy atom. The molecule has 0 spiro atoms. The summed E-state index contributed by atoms with van der Waals surface area (Å²) in [4.78, 5) is 19.1. The highest BCUT2D eigenvalue weighted by Crippen LogP contribution is 2.23. The van der Waals surface area contributed by atoms with Crippen LogP contribution in [-0.4, -0.2) is 33.3 Å². The van der Waals surface area contributed by atoms with Gasteiger partial charge in [-0.1, -0.05) is 36.4 Å². The fraction of sp³-hybridized carbons (Fsp3) is 0.200. The quantitative estimate of drug-likeness (QED) is 0.724. The van der Waals surface area contributed by atoms with Crippen molar-refractivity contribution in [2.75, 3.05) is 13.1 Å². The Balaban J connectivity index is 1.54. The molecule has 0 saturated carbocycles. The molecule has 0 aliphatic carbocycles. The molecule has 2 aromatic heterocycles. The molecule has 4 heteroatoms. The molecule has 0 N–H and O–H groups in total. The molecule has 1 aliphatic heterocycles. The number of aromatic nitrogens is 2. The topological polar surface area (TPSA) is 37.6 Å². The van der Waals surface area contributed by atoms with Crippen LogP contribution in [0.15, 0.2) is 60.9 Å². The minimum absolute atomic E-state index is 0.000264. The molecular weight excluding hydrogens is 298 g/mol. The molecule has 4 rings (SSSR count). The van der Waals surface area contributed by atoms with E-state index in [0.717, 1.165) is 24.2 Å². The van der Waals surface area contributed by atoms with Gasteiger partial charge in [0.25, 0.3) is 5.91 Å². The molecule has 0 atom stereocenters. The maximum absolute atomic E-state index is 12.7. The van der Waals surface area contributed by atoms with Crippen LogP contribution in [0.5, 0.6) is 0 Å². The number of imidazole rings is 1. The molecule has 1 aliphatic rings. The Labute approximate surface area is 141 Å². The van der Waals surface area contributed by atoms with Crippen molar-refractivity contribution >= 4 is 17.1 Å². The van der Waals surface area contributed by atoms with E-state index >= 15 is 0 Å².